The quantitative estimate of drug-likeness (QED) is 0.824. The maximum atomic E-state index is 12.7. The van der Waals surface area contributed by atoms with Crippen LogP contribution in [0.15, 0.2) is 4.79 Å². The van der Waals surface area contributed by atoms with Gasteiger partial charge in [-0.05, 0) is 38.5 Å². The molecule has 4 rings (SSSR count). The van der Waals surface area contributed by atoms with Gasteiger partial charge in [0.2, 0.25) is 11.8 Å². The van der Waals surface area contributed by atoms with E-state index in [0.29, 0.717) is 25.5 Å². The Hall–Kier alpha value is -2.12. The lowest BCUT2D eigenvalue weighted by Crippen LogP contribution is -2.49. The van der Waals surface area contributed by atoms with Gasteiger partial charge in [0, 0.05) is 38.0 Å². The first kappa shape index (κ1) is 20.2. The first-order chi connectivity index (χ1) is 14.1. The zero-order valence-electron chi connectivity index (χ0n) is 17.3. The maximum absolute atomic E-state index is 12.7. The van der Waals surface area contributed by atoms with E-state index in [9.17, 15) is 14.4 Å². The Bertz CT molecular complexity index is 785. The molecular formula is C21H33N5O3. The molecule has 1 saturated carbocycles. The van der Waals surface area contributed by atoms with Crippen molar-refractivity contribution >= 4 is 11.8 Å². The van der Waals surface area contributed by atoms with Crippen LogP contribution >= 0.6 is 0 Å². The summed E-state index contributed by atoms with van der Waals surface area (Å²) in [6, 6.07) is 0.0639. The van der Waals surface area contributed by atoms with E-state index in [4.69, 9.17) is 0 Å². The van der Waals surface area contributed by atoms with Gasteiger partial charge in [0.15, 0.2) is 0 Å². The van der Waals surface area contributed by atoms with E-state index in [1.165, 1.54) is 23.9 Å². The highest BCUT2D eigenvalue weighted by Crippen LogP contribution is 2.26. The Balaban J connectivity index is 1.26. The minimum atomic E-state index is -0.176. The number of hydrogen-bond donors (Lipinski definition) is 1. The van der Waals surface area contributed by atoms with Crippen molar-refractivity contribution in [1.29, 1.82) is 0 Å². The summed E-state index contributed by atoms with van der Waals surface area (Å²) in [7, 11) is 0. The number of hydrogen-bond acceptors (Lipinski definition) is 4. The number of amides is 2. The fourth-order valence-corrected chi connectivity index (χ4v) is 4.99. The second kappa shape index (κ2) is 9.13. The topological polar surface area (TPSA) is 89.2 Å². The molecule has 0 atom stereocenters. The van der Waals surface area contributed by atoms with Gasteiger partial charge in [0.05, 0.1) is 0 Å². The lowest BCUT2D eigenvalue weighted by atomic mass is 9.87. The fraction of sp³-hybridized carbons (Fsp3) is 0.810. The molecule has 1 N–H and O–H groups in total. The standard InChI is InChI=1S/C21H33N5O3/c27-19(15-26-21(29)25-12-6-2-5-9-18(25)23-26)22-17-10-13-24(14-11-17)20(28)16-7-3-1-4-8-16/h16-17H,1-15H2,(H,22,27). The zero-order chi connectivity index (χ0) is 20.2. The van der Waals surface area contributed by atoms with E-state index in [1.807, 2.05) is 4.90 Å². The van der Waals surface area contributed by atoms with Crippen molar-refractivity contribution in [3.8, 4) is 0 Å². The van der Waals surface area contributed by atoms with Crippen LogP contribution < -0.4 is 11.0 Å². The average molecular weight is 404 g/mol. The lowest BCUT2D eigenvalue weighted by Gasteiger charge is -2.35. The number of fused-ring (bicyclic) bond motifs is 1. The highest BCUT2D eigenvalue weighted by atomic mass is 16.2. The number of rotatable bonds is 4. The molecule has 2 fully saturated rings. The summed E-state index contributed by atoms with van der Waals surface area (Å²) in [6.07, 6.45) is 11.1. The lowest BCUT2D eigenvalue weighted by molar-refractivity contribution is -0.137. The molecule has 0 bridgehead atoms. The van der Waals surface area contributed by atoms with Crippen LogP contribution in [0.25, 0.3) is 0 Å². The van der Waals surface area contributed by atoms with Gasteiger partial charge < -0.3 is 10.2 Å². The van der Waals surface area contributed by atoms with Crippen molar-refractivity contribution in [2.75, 3.05) is 13.1 Å². The first-order valence-electron chi connectivity index (χ1n) is 11.4. The Morgan fingerprint density at radius 2 is 1.66 bits per heavy atom. The predicted octanol–water partition coefficient (Wildman–Crippen LogP) is 1.46. The molecule has 1 aromatic rings. The number of nitrogens with zero attached hydrogens (tertiary/aromatic N) is 4. The van der Waals surface area contributed by atoms with Gasteiger partial charge in [-0.1, -0.05) is 25.7 Å². The monoisotopic (exact) mass is 403 g/mol. The number of aromatic nitrogens is 3. The average Bonchev–Trinajstić information content (AvgIpc) is 2.90. The zero-order valence-corrected chi connectivity index (χ0v) is 17.3. The highest BCUT2D eigenvalue weighted by molar-refractivity contribution is 5.79. The third-order valence-corrected chi connectivity index (χ3v) is 6.70. The number of carbonyl (C=O) groups excluding carboxylic acids is 2. The Morgan fingerprint density at radius 3 is 2.41 bits per heavy atom. The SMILES string of the molecule is O=C(Cn1nc2n(c1=O)CCCCC2)NC1CCN(C(=O)C2CCCCC2)CC1. The highest BCUT2D eigenvalue weighted by Gasteiger charge is 2.29. The molecule has 0 radical (unpaired) electrons. The van der Waals surface area contributed by atoms with E-state index >= 15 is 0 Å². The molecule has 0 unspecified atom stereocenters. The van der Waals surface area contributed by atoms with Crippen molar-refractivity contribution < 1.29 is 9.59 Å². The van der Waals surface area contributed by atoms with Crippen molar-refractivity contribution in [2.45, 2.75) is 89.8 Å². The molecular weight excluding hydrogens is 370 g/mol. The van der Waals surface area contributed by atoms with Crippen LogP contribution in [0.3, 0.4) is 0 Å². The van der Waals surface area contributed by atoms with E-state index in [0.717, 1.165) is 57.2 Å². The molecule has 1 aromatic heterocycles. The largest absolute Gasteiger partial charge is 0.352 e. The summed E-state index contributed by atoms with van der Waals surface area (Å²) in [5.74, 6) is 1.14. The summed E-state index contributed by atoms with van der Waals surface area (Å²) in [5.41, 5.74) is -0.176. The molecule has 8 heteroatoms. The number of likely N-dealkylation sites (tertiary alicyclic amines) is 1. The second-order valence-corrected chi connectivity index (χ2v) is 8.82. The predicted molar refractivity (Wildman–Crippen MR) is 108 cm³/mol. The van der Waals surface area contributed by atoms with Gasteiger partial charge in [0.1, 0.15) is 12.4 Å². The second-order valence-electron chi connectivity index (χ2n) is 8.82. The summed E-state index contributed by atoms with van der Waals surface area (Å²) < 4.78 is 3.02. The van der Waals surface area contributed by atoms with Gasteiger partial charge in [-0.25, -0.2) is 9.48 Å². The molecule has 8 nitrogen and oxygen atoms in total. The summed E-state index contributed by atoms with van der Waals surface area (Å²) in [4.78, 5) is 39.6. The van der Waals surface area contributed by atoms with Gasteiger partial charge in [-0.15, -0.1) is 0 Å². The molecule has 0 spiro atoms. The van der Waals surface area contributed by atoms with Crippen LogP contribution in [-0.4, -0.2) is 50.2 Å². The maximum Gasteiger partial charge on any atom is 0.346 e. The molecule has 2 aliphatic heterocycles. The van der Waals surface area contributed by atoms with Gasteiger partial charge in [-0.3, -0.25) is 14.2 Å². The minimum absolute atomic E-state index is 0.0277. The van der Waals surface area contributed by atoms with Crippen LogP contribution in [0, 0.1) is 5.92 Å². The smallest absolute Gasteiger partial charge is 0.346 e. The van der Waals surface area contributed by atoms with E-state index in [1.54, 1.807) is 4.57 Å². The van der Waals surface area contributed by atoms with E-state index in [2.05, 4.69) is 10.4 Å². The third-order valence-electron chi connectivity index (χ3n) is 6.70. The number of nitrogens with one attached hydrogen (secondary N) is 1. The fourth-order valence-electron chi connectivity index (χ4n) is 4.99. The summed E-state index contributed by atoms with van der Waals surface area (Å²) in [6.45, 7) is 2.08. The molecule has 1 saturated heterocycles. The van der Waals surface area contributed by atoms with Crippen molar-refractivity contribution in [3.05, 3.63) is 16.3 Å². The van der Waals surface area contributed by atoms with Crippen LogP contribution in [-0.2, 0) is 29.1 Å². The van der Waals surface area contributed by atoms with Crippen molar-refractivity contribution in [1.82, 2.24) is 24.6 Å². The normalized spacial score (nSPS) is 21.4. The van der Waals surface area contributed by atoms with Gasteiger partial charge in [-0.2, -0.15) is 5.10 Å². The van der Waals surface area contributed by atoms with Crippen LogP contribution in [0.4, 0.5) is 0 Å². The Morgan fingerprint density at radius 1 is 0.931 bits per heavy atom. The van der Waals surface area contributed by atoms with Crippen molar-refractivity contribution in [3.63, 3.8) is 0 Å². The minimum Gasteiger partial charge on any atom is -0.352 e. The van der Waals surface area contributed by atoms with E-state index in [-0.39, 0.29) is 30.1 Å². The number of carbonyl (C=O) groups is 2. The molecule has 2 amide bonds. The van der Waals surface area contributed by atoms with Gasteiger partial charge >= 0.3 is 5.69 Å². The summed E-state index contributed by atoms with van der Waals surface area (Å²) in [5, 5.41) is 7.42. The van der Waals surface area contributed by atoms with Crippen LogP contribution in [0.1, 0.15) is 70.0 Å². The third kappa shape index (κ3) is 4.73. The van der Waals surface area contributed by atoms with E-state index < -0.39 is 0 Å². The van der Waals surface area contributed by atoms with Gasteiger partial charge in [0.25, 0.3) is 0 Å². The Labute approximate surface area is 171 Å². The Kier molecular flexibility index (Phi) is 6.35. The van der Waals surface area contributed by atoms with Crippen LogP contribution in [0.2, 0.25) is 0 Å². The van der Waals surface area contributed by atoms with Crippen molar-refractivity contribution in [2.24, 2.45) is 5.92 Å². The van der Waals surface area contributed by atoms with Crippen LogP contribution in [0.5, 0.6) is 0 Å². The number of piperidine rings is 1. The summed E-state index contributed by atoms with van der Waals surface area (Å²) >= 11 is 0. The first-order valence-corrected chi connectivity index (χ1v) is 11.4. The molecule has 3 aliphatic rings. The number of aryl methyl sites for hydroxylation is 1. The molecule has 29 heavy (non-hydrogen) atoms. The molecule has 160 valence electrons. The molecule has 3 heterocycles. The molecule has 0 aromatic carbocycles. The molecule has 1 aliphatic carbocycles.